The van der Waals surface area contributed by atoms with Gasteiger partial charge in [-0.1, -0.05) is 55.0 Å². The van der Waals surface area contributed by atoms with Crippen molar-refractivity contribution in [3.63, 3.8) is 0 Å². The molecule has 3 N–H and O–H groups in total. The van der Waals surface area contributed by atoms with Gasteiger partial charge in [0.05, 0.1) is 11.3 Å². The summed E-state index contributed by atoms with van der Waals surface area (Å²) in [5.41, 5.74) is 7.83. The van der Waals surface area contributed by atoms with Crippen LogP contribution in [0.4, 0.5) is 11.4 Å². The van der Waals surface area contributed by atoms with Gasteiger partial charge in [0.15, 0.2) is 0 Å². The molecule has 33 heavy (non-hydrogen) atoms. The third kappa shape index (κ3) is 4.78. The lowest BCUT2D eigenvalue weighted by Gasteiger charge is -2.26. The topological polar surface area (TPSA) is 64.6 Å². The van der Waals surface area contributed by atoms with Crippen LogP contribution in [0.25, 0.3) is 11.3 Å². The van der Waals surface area contributed by atoms with Crippen LogP contribution >= 0.6 is 0 Å². The molecule has 0 unspecified atom stereocenters. The van der Waals surface area contributed by atoms with E-state index in [2.05, 4.69) is 51.9 Å². The number of rotatable bonds is 6. The van der Waals surface area contributed by atoms with Gasteiger partial charge >= 0.3 is 5.97 Å². The van der Waals surface area contributed by atoms with Crippen molar-refractivity contribution < 1.29 is 9.90 Å². The Labute approximate surface area is 194 Å². The van der Waals surface area contributed by atoms with Crippen LogP contribution in [0.3, 0.4) is 0 Å². The van der Waals surface area contributed by atoms with Crippen LogP contribution in [0.15, 0.2) is 72.8 Å². The van der Waals surface area contributed by atoms with Gasteiger partial charge in [-0.2, -0.15) is 0 Å². The van der Waals surface area contributed by atoms with Crippen molar-refractivity contribution in [2.45, 2.75) is 25.8 Å². The SMILES string of the molecule is O=C(O)c1ccc2c(c1)NCC2=C(Nc1ccc(CN2CCCCC2)cc1)c1ccccc1. The normalized spacial score (nSPS) is 17.2. The number of piperidine rings is 1. The molecule has 5 nitrogen and oxygen atoms in total. The van der Waals surface area contributed by atoms with E-state index in [0.717, 1.165) is 40.3 Å². The van der Waals surface area contributed by atoms with Gasteiger partial charge < -0.3 is 15.7 Å². The van der Waals surface area contributed by atoms with Gasteiger partial charge in [-0.05, 0) is 61.3 Å². The molecule has 168 valence electrons. The molecule has 0 spiro atoms. The molecule has 3 aromatic rings. The molecular formula is C28H29N3O2. The van der Waals surface area contributed by atoms with Crippen LogP contribution in [0.1, 0.15) is 46.3 Å². The molecule has 3 aromatic carbocycles. The van der Waals surface area contributed by atoms with Crippen LogP contribution < -0.4 is 10.6 Å². The number of benzene rings is 3. The first-order valence-corrected chi connectivity index (χ1v) is 11.7. The minimum Gasteiger partial charge on any atom is -0.478 e. The predicted octanol–water partition coefficient (Wildman–Crippen LogP) is 5.78. The lowest BCUT2D eigenvalue weighted by Crippen LogP contribution is -2.29. The number of carboxylic acids is 1. The smallest absolute Gasteiger partial charge is 0.335 e. The first-order chi connectivity index (χ1) is 16.2. The lowest BCUT2D eigenvalue weighted by molar-refractivity contribution is 0.0697. The van der Waals surface area contributed by atoms with Crippen molar-refractivity contribution in [2.24, 2.45) is 0 Å². The maximum Gasteiger partial charge on any atom is 0.335 e. The average molecular weight is 440 g/mol. The maximum atomic E-state index is 11.4. The fourth-order valence-electron chi connectivity index (χ4n) is 4.73. The molecule has 5 rings (SSSR count). The summed E-state index contributed by atoms with van der Waals surface area (Å²) in [6, 6.07) is 24.3. The lowest BCUT2D eigenvalue weighted by atomic mass is 9.99. The van der Waals surface area contributed by atoms with Gasteiger partial charge in [0.2, 0.25) is 0 Å². The quantitative estimate of drug-likeness (QED) is 0.455. The van der Waals surface area contributed by atoms with Gasteiger partial charge in [0.25, 0.3) is 0 Å². The van der Waals surface area contributed by atoms with E-state index in [1.54, 1.807) is 12.1 Å². The van der Waals surface area contributed by atoms with Gasteiger partial charge in [-0.25, -0.2) is 4.79 Å². The second kappa shape index (κ2) is 9.51. The Balaban J connectivity index is 1.44. The van der Waals surface area contributed by atoms with E-state index >= 15 is 0 Å². The Morgan fingerprint density at radius 1 is 0.909 bits per heavy atom. The van der Waals surface area contributed by atoms with Gasteiger partial charge in [0.1, 0.15) is 0 Å². The molecular weight excluding hydrogens is 410 g/mol. The fraction of sp³-hybridized carbons (Fsp3) is 0.250. The summed E-state index contributed by atoms with van der Waals surface area (Å²) in [7, 11) is 0. The second-order valence-electron chi connectivity index (χ2n) is 8.80. The van der Waals surface area contributed by atoms with Crippen molar-refractivity contribution in [3.8, 4) is 0 Å². The number of hydrogen-bond donors (Lipinski definition) is 3. The summed E-state index contributed by atoms with van der Waals surface area (Å²) in [6.45, 7) is 4.04. The summed E-state index contributed by atoms with van der Waals surface area (Å²) in [6.07, 6.45) is 3.96. The first-order valence-electron chi connectivity index (χ1n) is 11.7. The molecule has 0 radical (unpaired) electrons. The Hall–Kier alpha value is -3.57. The molecule has 0 amide bonds. The molecule has 0 saturated carbocycles. The summed E-state index contributed by atoms with van der Waals surface area (Å²) in [5, 5.41) is 16.4. The highest BCUT2D eigenvalue weighted by Crippen LogP contribution is 2.37. The third-order valence-electron chi connectivity index (χ3n) is 6.49. The number of carboxylic acid groups (broad SMARTS) is 1. The third-order valence-corrected chi connectivity index (χ3v) is 6.49. The number of nitrogens with one attached hydrogen (secondary N) is 2. The molecule has 2 aliphatic rings. The largest absolute Gasteiger partial charge is 0.478 e. The molecule has 2 heterocycles. The molecule has 1 saturated heterocycles. The summed E-state index contributed by atoms with van der Waals surface area (Å²) >= 11 is 0. The maximum absolute atomic E-state index is 11.4. The zero-order valence-corrected chi connectivity index (χ0v) is 18.7. The van der Waals surface area contributed by atoms with E-state index in [4.69, 9.17) is 0 Å². The summed E-state index contributed by atoms with van der Waals surface area (Å²) in [4.78, 5) is 13.9. The van der Waals surface area contributed by atoms with Gasteiger partial charge in [-0.15, -0.1) is 0 Å². The fourth-order valence-corrected chi connectivity index (χ4v) is 4.73. The zero-order valence-electron chi connectivity index (χ0n) is 18.7. The van der Waals surface area contributed by atoms with Crippen LogP contribution in [-0.2, 0) is 6.54 Å². The molecule has 0 aromatic heterocycles. The first kappa shape index (κ1) is 21.3. The standard InChI is InChI=1S/C28H29N3O2/c32-28(33)22-11-14-24-25(18-29-26(24)17-22)27(21-7-3-1-4-8-21)30-23-12-9-20(10-13-23)19-31-15-5-2-6-16-31/h1,3-4,7-14,17,29-30H,2,5-6,15-16,18-19H2,(H,32,33). The zero-order chi connectivity index (χ0) is 22.6. The summed E-state index contributed by atoms with van der Waals surface area (Å²) in [5.74, 6) is -0.914. The van der Waals surface area contributed by atoms with Crippen molar-refractivity contribution in [1.29, 1.82) is 0 Å². The van der Waals surface area contributed by atoms with Crippen molar-refractivity contribution in [3.05, 3.63) is 95.1 Å². The van der Waals surface area contributed by atoms with E-state index in [9.17, 15) is 9.90 Å². The number of likely N-dealkylation sites (tertiary alicyclic amines) is 1. The highest BCUT2D eigenvalue weighted by Gasteiger charge is 2.22. The minimum atomic E-state index is -0.914. The summed E-state index contributed by atoms with van der Waals surface area (Å²) < 4.78 is 0. The van der Waals surface area contributed by atoms with Crippen molar-refractivity contribution >= 4 is 28.6 Å². The number of nitrogens with zero attached hydrogens (tertiary/aromatic N) is 1. The van der Waals surface area contributed by atoms with Crippen LogP contribution in [0, 0.1) is 0 Å². The Bertz CT molecular complexity index is 1160. The highest BCUT2D eigenvalue weighted by atomic mass is 16.4. The average Bonchev–Trinajstić information content (AvgIpc) is 3.28. The van der Waals surface area contributed by atoms with Crippen LogP contribution in [0.2, 0.25) is 0 Å². The molecule has 2 aliphatic heterocycles. The second-order valence-corrected chi connectivity index (χ2v) is 8.80. The highest BCUT2D eigenvalue weighted by molar-refractivity contribution is 6.03. The monoisotopic (exact) mass is 439 g/mol. The Morgan fingerprint density at radius 2 is 1.67 bits per heavy atom. The molecule has 0 aliphatic carbocycles. The molecule has 0 atom stereocenters. The minimum absolute atomic E-state index is 0.293. The molecule has 0 bridgehead atoms. The van der Waals surface area contributed by atoms with Crippen molar-refractivity contribution in [1.82, 2.24) is 4.90 Å². The van der Waals surface area contributed by atoms with Gasteiger partial charge in [-0.3, -0.25) is 4.90 Å². The van der Waals surface area contributed by atoms with Gasteiger partial charge in [0, 0.05) is 35.6 Å². The molecule has 1 fully saturated rings. The van der Waals surface area contributed by atoms with E-state index < -0.39 is 5.97 Å². The number of anilines is 2. The Kier molecular flexibility index (Phi) is 6.13. The van der Waals surface area contributed by atoms with Crippen LogP contribution in [-0.4, -0.2) is 35.6 Å². The number of hydrogen-bond acceptors (Lipinski definition) is 4. The van der Waals surface area contributed by atoms with E-state index in [0.29, 0.717) is 12.1 Å². The van der Waals surface area contributed by atoms with E-state index in [-0.39, 0.29) is 0 Å². The molecule has 5 heteroatoms. The Morgan fingerprint density at radius 3 is 2.39 bits per heavy atom. The van der Waals surface area contributed by atoms with Crippen molar-refractivity contribution in [2.75, 3.05) is 30.3 Å². The van der Waals surface area contributed by atoms with E-state index in [1.807, 2.05) is 24.3 Å². The van der Waals surface area contributed by atoms with E-state index in [1.165, 1.54) is 37.9 Å². The number of carbonyl (C=O) groups is 1. The van der Waals surface area contributed by atoms with Crippen LogP contribution in [0.5, 0.6) is 0 Å². The number of aromatic carboxylic acids is 1. The predicted molar refractivity (Wildman–Crippen MR) is 134 cm³/mol. The number of fused-ring (bicyclic) bond motifs is 1.